The maximum Gasteiger partial charge on any atom is 0 e. The van der Waals surface area contributed by atoms with E-state index in [-0.39, 0.29) is 17.1 Å². The molecule has 0 spiro atoms. The Labute approximate surface area is 96.3 Å². The summed E-state index contributed by atoms with van der Waals surface area (Å²) in [5, 5.41) is 0. The van der Waals surface area contributed by atoms with Crippen LogP contribution in [0.4, 0.5) is 0 Å². The van der Waals surface area contributed by atoms with Crippen LogP contribution in [0.3, 0.4) is 0 Å². The summed E-state index contributed by atoms with van der Waals surface area (Å²) < 4.78 is 33.0. The van der Waals surface area contributed by atoms with E-state index in [4.69, 9.17) is 18.1 Å². The molecular formula is C8H8FeO4S-2. The smallest absolute Gasteiger partial charge is 0 e. The van der Waals surface area contributed by atoms with Crippen molar-refractivity contribution < 1.29 is 35.1 Å². The van der Waals surface area contributed by atoms with E-state index in [1.165, 1.54) is 0 Å². The van der Waals surface area contributed by atoms with E-state index in [0.29, 0.717) is 0 Å². The molecule has 1 aromatic carbocycles. The van der Waals surface area contributed by atoms with Gasteiger partial charge < -0.3 is 4.55 Å². The summed E-state index contributed by atoms with van der Waals surface area (Å²) >= 11 is -1.86. The zero-order valence-corrected chi connectivity index (χ0v) is 9.20. The quantitative estimate of drug-likeness (QED) is 0.298. The van der Waals surface area contributed by atoms with E-state index in [1.54, 1.807) is 0 Å². The monoisotopic (exact) mass is 256 g/mol. The molecule has 80 valence electrons. The summed E-state index contributed by atoms with van der Waals surface area (Å²) in [6, 6.07) is 10.0. The van der Waals surface area contributed by atoms with Crippen molar-refractivity contribution in [3.63, 3.8) is 0 Å². The Bertz CT molecular complexity index is 191. The molecule has 0 aromatic heterocycles. The third-order valence-corrected chi connectivity index (χ3v) is 0.556. The van der Waals surface area contributed by atoms with Crippen LogP contribution in [0.25, 0.3) is 0 Å². The number of hydrogen-bond acceptors (Lipinski definition) is 2. The number of hydrogen-bond donors (Lipinski definition) is 0. The molecule has 4 nitrogen and oxygen atoms in total. The fourth-order valence-electron chi connectivity index (χ4n) is 0.321. The summed E-state index contributed by atoms with van der Waals surface area (Å²) in [7, 11) is 0. The van der Waals surface area contributed by atoms with Gasteiger partial charge in [0.05, 0.1) is 0 Å². The van der Waals surface area contributed by atoms with Gasteiger partial charge in [-0.05, 0) is 6.26 Å². The van der Waals surface area contributed by atoms with E-state index in [1.807, 2.05) is 30.3 Å². The van der Waals surface area contributed by atoms with Crippen LogP contribution in [0, 0.1) is 13.3 Å². The minimum Gasteiger partial charge on any atom is -0.214 e. The third kappa shape index (κ3) is 63.0. The second-order valence-corrected chi connectivity index (χ2v) is 2.17. The molecule has 0 fully saturated rings. The third-order valence-electron chi connectivity index (χ3n) is 0.556. The Morgan fingerprint density at radius 3 is 1.50 bits per heavy atom. The first kappa shape index (κ1) is 23.4. The number of rotatable bonds is 0. The first-order valence-electron chi connectivity index (χ1n) is 2.82. The molecule has 0 aliphatic heterocycles. The predicted octanol–water partition coefficient (Wildman–Crippen LogP) is 0.823. The SMILES string of the molecule is CS(=O)[O-].[C-]#[O+].[C-]#[O+].[Fe].c1cc[cH-]c1. The fraction of sp³-hybridized carbons (Fsp3) is 0.125. The molecular weight excluding hydrogens is 248 g/mol. The van der Waals surface area contributed by atoms with Crippen molar-refractivity contribution in [1.82, 2.24) is 0 Å². The minimum atomic E-state index is -1.86. The van der Waals surface area contributed by atoms with E-state index in [2.05, 4.69) is 13.3 Å². The van der Waals surface area contributed by atoms with Crippen molar-refractivity contribution in [2.45, 2.75) is 0 Å². The van der Waals surface area contributed by atoms with E-state index in [0.717, 1.165) is 6.26 Å². The average molecular weight is 256 g/mol. The van der Waals surface area contributed by atoms with Crippen LogP contribution in [0.2, 0.25) is 0 Å². The van der Waals surface area contributed by atoms with Crippen molar-refractivity contribution in [1.29, 1.82) is 0 Å². The van der Waals surface area contributed by atoms with Gasteiger partial charge in [0.15, 0.2) is 0 Å². The minimum absolute atomic E-state index is 0. The molecule has 14 heavy (non-hydrogen) atoms. The Hall–Kier alpha value is -0.541. The maximum absolute atomic E-state index is 9.00. The van der Waals surface area contributed by atoms with Crippen molar-refractivity contribution in [3.05, 3.63) is 43.6 Å². The van der Waals surface area contributed by atoms with Crippen LogP contribution in [0.1, 0.15) is 0 Å². The van der Waals surface area contributed by atoms with Crippen molar-refractivity contribution in [3.8, 4) is 0 Å². The molecule has 0 saturated carbocycles. The van der Waals surface area contributed by atoms with Crippen LogP contribution >= 0.6 is 0 Å². The van der Waals surface area contributed by atoms with Gasteiger partial charge in [0.1, 0.15) is 0 Å². The van der Waals surface area contributed by atoms with Gasteiger partial charge in [-0.25, -0.2) is 12.1 Å². The van der Waals surface area contributed by atoms with Gasteiger partial charge in [0.25, 0.3) is 0 Å². The maximum atomic E-state index is 9.00. The van der Waals surface area contributed by atoms with Crippen LogP contribution in [0.5, 0.6) is 0 Å². The molecule has 0 aliphatic carbocycles. The summed E-state index contributed by atoms with van der Waals surface area (Å²) in [5.74, 6) is 0. The Morgan fingerprint density at radius 1 is 1.21 bits per heavy atom. The molecule has 0 aliphatic rings. The summed E-state index contributed by atoms with van der Waals surface area (Å²) in [4.78, 5) is 0. The molecule has 1 aromatic rings. The van der Waals surface area contributed by atoms with Crippen molar-refractivity contribution in [2.75, 3.05) is 6.26 Å². The summed E-state index contributed by atoms with van der Waals surface area (Å²) in [6.07, 6.45) is 1.08. The van der Waals surface area contributed by atoms with Crippen LogP contribution in [0.15, 0.2) is 30.3 Å². The Morgan fingerprint density at radius 2 is 1.43 bits per heavy atom. The zero-order chi connectivity index (χ0) is 11.1. The molecule has 0 bridgehead atoms. The van der Waals surface area contributed by atoms with E-state index < -0.39 is 11.1 Å². The topological polar surface area (TPSA) is 79.9 Å². The molecule has 1 unspecified atom stereocenters. The van der Waals surface area contributed by atoms with E-state index >= 15 is 0 Å². The normalized spacial score (nSPS) is 7.57. The van der Waals surface area contributed by atoms with Crippen LogP contribution < -0.4 is 0 Å². The molecule has 0 amide bonds. The van der Waals surface area contributed by atoms with Crippen molar-refractivity contribution in [2.24, 2.45) is 0 Å². The zero-order valence-electron chi connectivity index (χ0n) is 7.28. The van der Waals surface area contributed by atoms with Crippen molar-refractivity contribution >= 4 is 11.1 Å². The van der Waals surface area contributed by atoms with Gasteiger partial charge in [-0.1, -0.05) is 11.1 Å². The Kier molecular flexibility index (Phi) is 49.0. The largest absolute Gasteiger partial charge is 0.214 e. The Balaban J connectivity index is -0.0000000511. The molecule has 6 heteroatoms. The second-order valence-electron chi connectivity index (χ2n) is 1.36. The first-order valence-corrected chi connectivity index (χ1v) is 4.30. The fourth-order valence-corrected chi connectivity index (χ4v) is 0.321. The molecule has 1 atom stereocenters. The van der Waals surface area contributed by atoms with Gasteiger partial charge in [0, 0.05) is 17.1 Å². The summed E-state index contributed by atoms with van der Waals surface area (Å²) in [5.41, 5.74) is 0. The summed E-state index contributed by atoms with van der Waals surface area (Å²) in [6.45, 7) is 9.00. The van der Waals surface area contributed by atoms with E-state index in [9.17, 15) is 0 Å². The van der Waals surface area contributed by atoms with Crippen LogP contribution in [-0.4, -0.2) is 15.0 Å². The van der Waals surface area contributed by atoms with Crippen LogP contribution in [-0.2, 0) is 37.5 Å². The molecule has 1 rings (SSSR count). The van der Waals surface area contributed by atoms with Gasteiger partial charge >= 0.3 is 22.6 Å². The first-order chi connectivity index (χ1) is 6.23. The van der Waals surface area contributed by atoms with Gasteiger partial charge in [-0.2, -0.15) is 18.2 Å². The van der Waals surface area contributed by atoms with Gasteiger partial charge in [-0.15, -0.1) is 0 Å². The second kappa shape index (κ2) is 29.4. The molecule has 0 saturated heterocycles. The molecule has 0 N–H and O–H groups in total. The average Bonchev–Trinajstić information content (AvgIpc) is 2.67. The van der Waals surface area contributed by atoms with Gasteiger partial charge in [-0.3, -0.25) is 4.21 Å². The predicted molar refractivity (Wildman–Crippen MR) is 44.7 cm³/mol. The standard InChI is InChI=1S/C5H5.CH4O2S.2CO.Fe/c1-2-4-5-3-1;1-4(2)3;2*1-2;/h1-5H;1H3,(H,2,3);;;/q-1;;;;/p-1. The molecule has 0 radical (unpaired) electrons. The molecule has 0 heterocycles. The van der Waals surface area contributed by atoms with Gasteiger partial charge in [0.2, 0.25) is 0 Å².